The van der Waals surface area contributed by atoms with Crippen molar-refractivity contribution in [3.63, 3.8) is 0 Å². The number of aryl methyl sites for hydroxylation is 2. The lowest BCUT2D eigenvalue weighted by Gasteiger charge is -2.26. The van der Waals surface area contributed by atoms with E-state index in [0.717, 1.165) is 36.5 Å². The van der Waals surface area contributed by atoms with Crippen LogP contribution in [-0.4, -0.2) is 31.8 Å². The number of amides is 2. The van der Waals surface area contributed by atoms with Crippen LogP contribution < -0.4 is 5.32 Å². The fraction of sp³-hybridized carbons (Fsp3) is 0.300. The molecule has 0 bridgehead atoms. The predicted molar refractivity (Wildman–Crippen MR) is 101 cm³/mol. The van der Waals surface area contributed by atoms with Crippen molar-refractivity contribution < 1.29 is 4.79 Å². The van der Waals surface area contributed by atoms with Crippen molar-refractivity contribution in [3.05, 3.63) is 66.2 Å². The van der Waals surface area contributed by atoms with Gasteiger partial charge in [0.25, 0.3) is 0 Å². The number of rotatable bonds is 3. The van der Waals surface area contributed by atoms with Crippen LogP contribution in [0.5, 0.6) is 0 Å². The fourth-order valence-corrected chi connectivity index (χ4v) is 3.65. The molecule has 4 rings (SSSR count). The van der Waals surface area contributed by atoms with E-state index in [-0.39, 0.29) is 12.1 Å². The molecule has 26 heavy (non-hydrogen) atoms. The summed E-state index contributed by atoms with van der Waals surface area (Å²) in [6.07, 6.45) is 5.94. The summed E-state index contributed by atoms with van der Waals surface area (Å²) in [5.41, 5.74) is 3.74. The van der Waals surface area contributed by atoms with E-state index in [9.17, 15) is 4.79 Å². The Morgan fingerprint density at radius 1 is 1.15 bits per heavy atom. The van der Waals surface area contributed by atoms with Crippen molar-refractivity contribution in [2.75, 3.05) is 11.9 Å². The summed E-state index contributed by atoms with van der Waals surface area (Å²) in [5.74, 6) is 0. The first-order chi connectivity index (χ1) is 12.6. The van der Waals surface area contributed by atoms with E-state index in [1.54, 1.807) is 4.68 Å². The minimum Gasteiger partial charge on any atom is -0.353 e. The number of benzene rings is 1. The van der Waals surface area contributed by atoms with E-state index in [4.69, 9.17) is 0 Å². The molecule has 1 saturated heterocycles. The monoisotopic (exact) mass is 349 g/mol. The molecule has 2 amide bonds. The lowest BCUT2D eigenvalue weighted by atomic mass is 10.1. The second kappa shape index (κ2) is 6.71. The standard InChI is InChI=1S/C20H23N5O/c1-15-11-14-25(22-15)17-8-4-3-7-16(17)21-20(26)24-13-6-10-19(24)18-9-5-12-23(18)2/h3-5,7-9,11-12,14,19H,6,10,13H2,1-2H3,(H,21,26)/t19-/m0/s1. The molecule has 3 heterocycles. The summed E-state index contributed by atoms with van der Waals surface area (Å²) in [7, 11) is 2.03. The molecule has 1 aromatic carbocycles. The molecule has 0 spiro atoms. The van der Waals surface area contributed by atoms with E-state index in [0.29, 0.717) is 0 Å². The van der Waals surface area contributed by atoms with E-state index in [2.05, 4.69) is 21.0 Å². The zero-order chi connectivity index (χ0) is 18.1. The molecule has 6 nitrogen and oxygen atoms in total. The van der Waals surface area contributed by atoms with Crippen molar-refractivity contribution in [1.82, 2.24) is 19.2 Å². The van der Waals surface area contributed by atoms with Gasteiger partial charge in [-0.15, -0.1) is 0 Å². The lowest BCUT2D eigenvalue weighted by Crippen LogP contribution is -2.35. The van der Waals surface area contributed by atoms with Gasteiger partial charge >= 0.3 is 6.03 Å². The van der Waals surface area contributed by atoms with Gasteiger partial charge in [0.1, 0.15) is 0 Å². The predicted octanol–water partition coefficient (Wildman–Crippen LogP) is 3.89. The molecule has 1 aliphatic rings. The summed E-state index contributed by atoms with van der Waals surface area (Å²) in [6, 6.07) is 13.9. The average Bonchev–Trinajstić information content (AvgIpc) is 3.35. The first kappa shape index (κ1) is 16.4. The van der Waals surface area contributed by atoms with Crippen LogP contribution in [0.3, 0.4) is 0 Å². The molecule has 0 saturated carbocycles. The summed E-state index contributed by atoms with van der Waals surface area (Å²) >= 11 is 0. The van der Waals surface area contributed by atoms with Gasteiger partial charge in [0, 0.05) is 31.7 Å². The van der Waals surface area contributed by atoms with Gasteiger partial charge in [-0.3, -0.25) is 0 Å². The normalized spacial score (nSPS) is 16.8. The summed E-state index contributed by atoms with van der Waals surface area (Å²) in [5, 5.41) is 7.55. The second-order valence-corrected chi connectivity index (χ2v) is 6.74. The van der Waals surface area contributed by atoms with Gasteiger partial charge in [-0.25, -0.2) is 9.48 Å². The Kier molecular flexibility index (Phi) is 4.24. The molecule has 1 aliphatic heterocycles. The van der Waals surface area contributed by atoms with Crippen molar-refractivity contribution in [1.29, 1.82) is 0 Å². The van der Waals surface area contributed by atoms with E-state index < -0.39 is 0 Å². The maximum absolute atomic E-state index is 13.0. The van der Waals surface area contributed by atoms with Crippen LogP contribution in [0, 0.1) is 6.92 Å². The van der Waals surface area contributed by atoms with Crippen LogP contribution in [0.4, 0.5) is 10.5 Å². The molecule has 1 atom stereocenters. The van der Waals surface area contributed by atoms with Crippen molar-refractivity contribution >= 4 is 11.7 Å². The number of hydrogen-bond donors (Lipinski definition) is 1. The number of hydrogen-bond acceptors (Lipinski definition) is 2. The number of urea groups is 1. The van der Waals surface area contributed by atoms with Gasteiger partial charge < -0.3 is 14.8 Å². The van der Waals surface area contributed by atoms with Crippen molar-refractivity contribution in [2.45, 2.75) is 25.8 Å². The quantitative estimate of drug-likeness (QED) is 0.780. The van der Waals surface area contributed by atoms with E-state index in [1.165, 1.54) is 5.69 Å². The first-order valence-corrected chi connectivity index (χ1v) is 8.94. The molecule has 0 radical (unpaired) electrons. The largest absolute Gasteiger partial charge is 0.353 e. The van der Waals surface area contributed by atoms with Crippen LogP contribution in [-0.2, 0) is 7.05 Å². The van der Waals surface area contributed by atoms with Crippen LogP contribution in [0.2, 0.25) is 0 Å². The van der Waals surface area contributed by atoms with Gasteiger partial charge in [0.15, 0.2) is 0 Å². The third-order valence-corrected chi connectivity index (χ3v) is 4.95. The fourth-order valence-electron chi connectivity index (χ4n) is 3.65. The highest BCUT2D eigenvalue weighted by Gasteiger charge is 2.31. The maximum atomic E-state index is 13.0. The summed E-state index contributed by atoms with van der Waals surface area (Å²) in [4.78, 5) is 14.9. The number of nitrogens with one attached hydrogen (secondary N) is 1. The molecule has 0 unspecified atom stereocenters. The highest BCUT2D eigenvalue weighted by atomic mass is 16.2. The van der Waals surface area contributed by atoms with Gasteiger partial charge in [-0.2, -0.15) is 5.10 Å². The molecule has 0 aliphatic carbocycles. The molecule has 1 fully saturated rings. The number of carbonyl (C=O) groups excluding carboxylic acids is 1. The number of carbonyl (C=O) groups is 1. The number of aromatic nitrogens is 3. The molecule has 3 aromatic rings. The number of anilines is 1. The highest BCUT2D eigenvalue weighted by molar-refractivity contribution is 5.92. The SMILES string of the molecule is Cc1ccn(-c2ccccc2NC(=O)N2CCC[C@H]2c2cccn2C)n1. The van der Waals surface area contributed by atoms with Crippen molar-refractivity contribution in [3.8, 4) is 5.69 Å². The van der Waals surface area contributed by atoms with Crippen LogP contribution in [0.1, 0.15) is 30.3 Å². The average molecular weight is 349 g/mol. The zero-order valence-corrected chi connectivity index (χ0v) is 15.1. The third kappa shape index (κ3) is 2.98. The van der Waals surface area contributed by atoms with Gasteiger partial charge in [-0.1, -0.05) is 12.1 Å². The third-order valence-electron chi connectivity index (χ3n) is 4.95. The molecule has 1 N–H and O–H groups in total. The van der Waals surface area contributed by atoms with E-state index >= 15 is 0 Å². The minimum absolute atomic E-state index is 0.0648. The Bertz CT molecular complexity index is 926. The topological polar surface area (TPSA) is 55.1 Å². The van der Waals surface area contributed by atoms with Crippen LogP contribution in [0.15, 0.2) is 54.9 Å². The summed E-state index contributed by atoms with van der Waals surface area (Å²) in [6.45, 7) is 2.72. The minimum atomic E-state index is -0.0648. The lowest BCUT2D eigenvalue weighted by molar-refractivity contribution is 0.205. The first-order valence-electron chi connectivity index (χ1n) is 8.94. The van der Waals surface area contributed by atoms with Gasteiger partial charge in [-0.05, 0) is 50.1 Å². The Hall–Kier alpha value is -3.02. The van der Waals surface area contributed by atoms with Crippen LogP contribution >= 0.6 is 0 Å². The molecule has 134 valence electrons. The molecular weight excluding hydrogens is 326 g/mol. The molecular formula is C20H23N5O. The zero-order valence-electron chi connectivity index (χ0n) is 15.1. The van der Waals surface area contributed by atoms with Gasteiger partial charge in [0.2, 0.25) is 0 Å². The Morgan fingerprint density at radius 3 is 2.73 bits per heavy atom. The number of likely N-dealkylation sites (tertiary alicyclic amines) is 1. The maximum Gasteiger partial charge on any atom is 0.322 e. The second-order valence-electron chi connectivity index (χ2n) is 6.74. The van der Waals surface area contributed by atoms with E-state index in [1.807, 2.05) is 67.7 Å². The van der Waals surface area contributed by atoms with Crippen LogP contribution in [0.25, 0.3) is 5.69 Å². The molecule has 6 heteroatoms. The Labute approximate surface area is 153 Å². The van der Waals surface area contributed by atoms with Crippen molar-refractivity contribution in [2.24, 2.45) is 7.05 Å². The van der Waals surface area contributed by atoms with Gasteiger partial charge in [0.05, 0.1) is 23.1 Å². The number of para-hydroxylation sites is 2. The number of nitrogens with zero attached hydrogens (tertiary/aromatic N) is 4. The summed E-state index contributed by atoms with van der Waals surface area (Å²) < 4.78 is 3.89. The Balaban J connectivity index is 1.58. The Morgan fingerprint density at radius 2 is 2.00 bits per heavy atom. The smallest absolute Gasteiger partial charge is 0.322 e. The molecule has 2 aromatic heterocycles. The highest BCUT2D eigenvalue weighted by Crippen LogP contribution is 2.32.